The van der Waals surface area contributed by atoms with Gasteiger partial charge in [0.1, 0.15) is 0 Å². The van der Waals surface area contributed by atoms with Crippen molar-refractivity contribution in [2.24, 2.45) is 11.8 Å². The number of rotatable bonds is 6. The predicted octanol–water partition coefficient (Wildman–Crippen LogP) is 3.67. The maximum Gasteiger partial charge on any atom is 0.0474 e. The zero-order chi connectivity index (χ0) is 12.0. The van der Waals surface area contributed by atoms with E-state index in [1.165, 1.54) is 6.42 Å². The van der Waals surface area contributed by atoms with E-state index in [4.69, 9.17) is 17.4 Å². The minimum atomic E-state index is 0.160. The molecule has 1 rings (SSSR count). The lowest BCUT2D eigenvalue weighted by atomic mass is 9.98. The van der Waals surface area contributed by atoms with Crippen LogP contribution < -0.4 is 11.3 Å². The Kier molecular flexibility index (Phi) is 5.81. The van der Waals surface area contributed by atoms with Gasteiger partial charge in [-0.15, -0.1) is 0 Å². The van der Waals surface area contributed by atoms with Gasteiger partial charge in [0.05, 0.1) is 0 Å². The molecule has 0 heterocycles. The van der Waals surface area contributed by atoms with Crippen LogP contribution in [0.3, 0.4) is 0 Å². The second kappa shape index (κ2) is 6.89. The van der Waals surface area contributed by atoms with Crippen LogP contribution >= 0.6 is 11.6 Å². The monoisotopic (exact) mass is 240 g/mol. The van der Waals surface area contributed by atoms with Crippen LogP contribution in [0, 0.1) is 5.92 Å². The van der Waals surface area contributed by atoms with E-state index in [9.17, 15) is 0 Å². The minimum absolute atomic E-state index is 0.160. The molecule has 1 atom stereocenters. The average Bonchev–Trinajstić information content (AvgIpc) is 2.25. The van der Waals surface area contributed by atoms with Crippen LogP contribution in [0.4, 0.5) is 0 Å². The summed E-state index contributed by atoms with van der Waals surface area (Å²) in [6.07, 6.45) is 3.42. The van der Waals surface area contributed by atoms with Crippen molar-refractivity contribution >= 4 is 11.6 Å². The third kappa shape index (κ3) is 4.12. The van der Waals surface area contributed by atoms with Gasteiger partial charge >= 0.3 is 0 Å². The molecule has 1 unspecified atom stereocenters. The van der Waals surface area contributed by atoms with E-state index in [0.717, 1.165) is 29.3 Å². The van der Waals surface area contributed by atoms with Gasteiger partial charge in [0.2, 0.25) is 0 Å². The molecule has 2 nitrogen and oxygen atoms in total. The van der Waals surface area contributed by atoms with Crippen molar-refractivity contribution < 1.29 is 0 Å². The maximum atomic E-state index is 6.14. The number of hydrazine groups is 1. The Hall–Kier alpha value is -0.570. The van der Waals surface area contributed by atoms with Crippen LogP contribution in [0.5, 0.6) is 0 Å². The summed E-state index contributed by atoms with van der Waals surface area (Å²) < 4.78 is 0. The van der Waals surface area contributed by atoms with Gasteiger partial charge in [0.15, 0.2) is 0 Å². The zero-order valence-electron chi connectivity index (χ0n) is 10.0. The zero-order valence-corrected chi connectivity index (χ0v) is 10.8. The summed E-state index contributed by atoms with van der Waals surface area (Å²) in [5, 5.41) is 0.787. The van der Waals surface area contributed by atoms with E-state index in [2.05, 4.69) is 19.3 Å². The van der Waals surface area contributed by atoms with Gasteiger partial charge in [0, 0.05) is 11.1 Å². The highest BCUT2D eigenvalue weighted by molar-refractivity contribution is 6.31. The Labute approximate surface area is 103 Å². The fourth-order valence-electron chi connectivity index (χ4n) is 1.82. The molecule has 0 bridgehead atoms. The molecule has 0 saturated heterocycles. The van der Waals surface area contributed by atoms with Crippen LogP contribution in [0.1, 0.15) is 44.7 Å². The Bertz CT molecular complexity index is 313. The van der Waals surface area contributed by atoms with Crippen LogP contribution in [0.15, 0.2) is 24.3 Å². The molecule has 0 fully saturated rings. The Morgan fingerprint density at radius 1 is 1.25 bits per heavy atom. The molecule has 16 heavy (non-hydrogen) atoms. The van der Waals surface area contributed by atoms with Gasteiger partial charge in [-0.25, -0.2) is 0 Å². The molecule has 3 heteroatoms. The molecule has 90 valence electrons. The minimum Gasteiger partial charge on any atom is -0.271 e. The van der Waals surface area contributed by atoms with Gasteiger partial charge in [-0.05, 0) is 24.0 Å². The summed E-state index contributed by atoms with van der Waals surface area (Å²) in [6.45, 7) is 4.47. The first-order valence-electron chi connectivity index (χ1n) is 5.85. The number of benzene rings is 1. The first-order valence-corrected chi connectivity index (χ1v) is 6.23. The van der Waals surface area contributed by atoms with E-state index in [0.29, 0.717) is 0 Å². The maximum absolute atomic E-state index is 6.14. The molecule has 0 saturated carbocycles. The van der Waals surface area contributed by atoms with Crippen molar-refractivity contribution in [1.82, 2.24) is 5.43 Å². The van der Waals surface area contributed by atoms with Crippen LogP contribution in [0.25, 0.3) is 0 Å². The summed E-state index contributed by atoms with van der Waals surface area (Å²) >= 11 is 6.14. The number of hydrogen-bond acceptors (Lipinski definition) is 2. The second-order valence-corrected chi connectivity index (χ2v) is 4.97. The van der Waals surface area contributed by atoms with Crippen molar-refractivity contribution in [3.63, 3.8) is 0 Å². The first kappa shape index (κ1) is 13.5. The third-order valence-electron chi connectivity index (χ3n) is 2.76. The Balaban J connectivity index is 2.57. The Morgan fingerprint density at radius 3 is 2.50 bits per heavy atom. The van der Waals surface area contributed by atoms with Crippen LogP contribution in [-0.2, 0) is 0 Å². The van der Waals surface area contributed by atoms with E-state index < -0.39 is 0 Å². The van der Waals surface area contributed by atoms with Gasteiger partial charge < -0.3 is 0 Å². The number of nitrogens with one attached hydrogen (secondary N) is 1. The topological polar surface area (TPSA) is 38.0 Å². The third-order valence-corrected chi connectivity index (χ3v) is 3.10. The van der Waals surface area contributed by atoms with E-state index in [1.807, 2.05) is 24.3 Å². The molecular weight excluding hydrogens is 220 g/mol. The van der Waals surface area contributed by atoms with Gasteiger partial charge in [-0.3, -0.25) is 11.3 Å². The Morgan fingerprint density at radius 2 is 1.94 bits per heavy atom. The van der Waals surface area contributed by atoms with Crippen LogP contribution in [0.2, 0.25) is 5.02 Å². The highest BCUT2D eigenvalue weighted by Gasteiger charge is 2.12. The lowest BCUT2D eigenvalue weighted by molar-refractivity contribution is 0.455. The molecule has 0 spiro atoms. The number of hydrogen-bond donors (Lipinski definition) is 2. The summed E-state index contributed by atoms with van der Waals surface area (Å²) in [7, 11) is 0. The summed E-state index contributed by atoms with van der Waals surface area (Å²) in [5.41, 5.74) is 3.94. The normalized spacial score (nSPS) is 13.1. The lowest BCUT2D eigenvalue weighted by Crippen LogP contribution is -2.28. The van der Waals surface area contributed by atoms with Crippen molar-refractivity contribution in [1.29, 1.82) is 0 Å². The van der Waals surface area contributed by atoms with E-state index in [1.54, 1.807) is 0 Å². The fourth-order valence-corrected chi connectivity index (χ4v) is 2.08. The van der Waals surface area contributed by atoms with Gasteiger partial charge in [-0.1, -0.05) is 56.5 Å². The van der Waals surface area contributed by atoms with Crippen molar-refractivity contribution in [3.8, 4) is 0 Å². The summed E-state index contributed by atoms with van der Waals surface area (Å²) in [6, 6.07) is 8.03. The molecular formula is C13H21ClN2. The molecule has 1 aromatic rings. The predicted molar refractivity (Wildman–Crippen MR) is 70.2 cm³/mol. The standard InChI is InChI=1S/C13H21ClN2/c1-10(2)6-5-9-13(16-15)11-7-3-4-8-12(11)14/h3-4,7-8,10,13,16H,5-6,9,15H2,1-2H3. The van der Waals surface area contributed by atoms with Crippen molar-refractivity contribution in [2.45, 2.75) is 39.2 Å². The van der Waals surface area contributed by atoms with Crippen molar-refractivity contribution in [3.05, 3.63) is 34.9 Å². The second-order valence-electron chi connectivity index (χ2n) is 4.57. The largest absolute Gasteiger partial charge is 0.271 e. The molecule has 0 aromatic heterocycles. The number of nitrogens with two attached hydrogens (primary N) is 1. The van der Waals surface area contributed by atoms with Gasteiger partial charge in [-0.2, -0.15) is 0 Å². The number of halogens is 1. The molecule has 0 amide bonds. The summed E-state index contributed by atoms with van der Waals surface area (Å²) in [5.74, 6) is 6.32. The molecule has 1 aromatic carbocycles. The molecule has 0 aliphatic carbocycles. The molecule has 3 N–H and O–H groups in total. The smallest absolute Gasteiger partial charge is 0.0474 e. The van der Waals surface area contributed by atoms with Gasteiger partial charge in [0.25, 0.3) is 0 Å². The van der Waals surface area contributed by atoms with Crippen LogP contribution in [-0.4, -0.2) is 0 Å². The first-order chi connectivity index (χ1) is 7.65. The lowest BCUT2D eigenvalue weighted by Gasteiger charge is -2.18. The average molecular weight is 241 g/mol. The quantitative estimate of drug-likeness (QED) is 0.588. The molecule has 0 aliphatic heterocycles. The molecule has 0 aliphatic rings. The highest BCUT2D eigenvalue weighted by Crippen LogP contribution is 2.26. The summed E-state index contributed by atoms with van der Waals surface area (Å²) in [4.78, 5) is 0. The van der Waals surface area contributed by atoms with Crippen molar-refractivity contribution in [2.75, 3.05) is 0 Å². The fraction of sp³-hybridized carbons (Fsp3) is 0.538. The van der Waals surface area contributed by atoms with E-state index >= 15 is 0 Å². The molecule has 0 radical (unpaired) electrons. The highest BCUT2D eigenvalue weighted by atomic mass is 35.5. The SMILES string of the molecule is CC(C)CCCC(NN)c1ccccc1Cl. The van der Waals surface area contributed by atoms with E-state index in [-0.39, 0.29) is 6.04 Å².